The Bertz CT molecular complexity index is 156. The molecular formula is C15H34LiNSi. The molecule has 0 aromatic rings. The topological polar surface area (TPSA) is 3.24 Å². The van der Waals surface area contributed by atoms with Crippen LogP contribution in [-0.2, 0) is 0 Å². The predicted octanol–water partition coefficient (Wildman–Crippen LogP) is 2.03. The minimum atomic E-state index is -1.32. The molecule has 0 aliphatic heterocycles. The van der Waals surface area contributed by atoms with Gasteiger partial charge in [-0.15, -0.1) is 0 Å². The van der Waals surface area contributed by atoms with Crippen molar-refractivity contribution < 1.29 is 18.9 Å². The van der Waals surface area contributed by atoms with Crippen LogP contribution in [0.5, 0.6) is 0 Å². The summed E-state index contributed by atoms with van der Waals surface area (Å²) in [6, 6.07) is 0. The van der Waals surface area contributed by atoms with Crippen LogP contribution < -0.4 is 18.9 Å². The maximum absolute atomic E-state index is 4.43. The molecule has 0 fully saturated rings. The van der Waals surface area contributed by atoms with E-state index in [9.17, 15) is 0 Å². The van der Waals surface area contributed by atoms with Gasteiger partial charge in [0.2, 0.25) is 0 Å². The third kappa shape index (κ3) is 11.8. The van der Waals surface area contributed by atoms with E-state index < -0.39 is 8.24 Å². The second-order valence-electron chi connectivity index (χ2n) is 5.92. The number of rotatable bonds is 11. The van der Waals surface area contributed by atoms with E-state index in [-0.39, 0.29) is 18.9 Å². The largest absolute Gasteiger partial charge is 1.00 e. The number of unbranched alkanes of at least 4 members (excludes halogenated alkanes) is 6. The van der Waals surface area contributed by atoms with Crippen LogP contribution in [0.15, 0.2) is 0 Å². The van der Waals surface area contributed by atoms with Gasteiger partial charge < -0.3 is 11.1 Å². The Morgan fingerprint density at radius 1 is 0.778 bits per heavy atom. The van der Waals surface area contributed by atoms with E-state index in [0.29, 0.717) is 0 Å². The number of hydrogen-bond acceptors (Lipinski definition) is 1. The Balaban J connectivity index is 0. The zero-order chi connectivity index (χ0) is 13.1. The summed E-state index contributed by atoms with van der Waals surface area (Å²) in [5, 5.41) is 0. The van der Waals surface area contributed by atoms with E-state index in [1.807, 2.05) is 0 Å². The van der Waals surface area contributed by atoms with Crippen LogP contribution >= 0.6 is 0 Å². The maximum Gasteiger partial charge on any atom is 1.00 e. The molecule has 0 aromatic heterocycles. The minimum absolute atomic E-state index is 0. The molecule has 0 heterocycles. The first kappa shape index (κ1) is 21.1. The number of nitrogens with zero attached hydrogens (tertiary/aromatic N) is 1. The Kier molecular flexibility index (Phi) is 15.0. The van der Waals surface area contributed by atoms with E-state index in [2.05, 4.69) is 38.1 Å². The Morgan fingerprint density at radius 2 is 1.17 bits per heavy atom. The molecule has 0 aromatic carbocycles. The van der Waals surface area contributed by atoms with E-state index in [1.165, 1.54) is 64.5 Å². The zero-order valence-corrected chi connectivity index (χ0v) is 14.7. The van der Waals surface area contributed by atoms with Crippen molar-refractivity contribution in [3.8, 4) is 0 Å². The van der Waals surface area contributed by atoms with Gasteiger partial charge in [-0.2, -0.15) is 0 Å². The fourth-order valence-electron chi connectivity index (χ4n) is 2.18. The van der Waals surface area contributed by atoms with Gasteiger partial charge in [-0.3, -0.25) is 0 Å². The van der Waals surface area contributed by atoms with Crippen LogP contribution in [0.3, 0.4) is 0 Å². The normalized spacial score (nSPS) is 11.7. The van der Waals surface area contributed by atoms with Crippen molar-refractivity contribution >= 4 is 8.24 Å². The second-order valence-corrected chi connectivity index (χ2v) is 10.2. The molecule has 0 aliphatic carbocycles. The van der Waals surface area contributed by atoms with Crippen LogP contribution in [0, 0.1) is 6.55 Å². The molecule has 0 unspecified atom stereocenters. The molecule has 0 aliphatic rings. The quantitative estimate of drug-likeness (QED) is 0.313. The average molecular weight is 263 g/mol. The van der Waals surface area contributed by atoms with Crippen molar-refractivity contribution in [2.45, 2.75) is 78.3 Å². The Hall–Kier alpha value is 0.774. The Labute approximate surface area is 129 Å². The zero-order valence-electron chi connectivity index (χ0n) is 13.7. The first-order valence-corrected chi connectivity index (χ1v) is 10.8. The van der Waals surface area contributed by atoms with Gasteiger partial charge in [-0.25, -0.2) is 0 Å². The van der Waals surface area contributed by atoms with E-state index in [1.54, 1.807) is 0 Å². The van der Waals surface area contributed by atoms with Crippen molar-refractivity contribution in [2.24, 2.45) is 0 Å². The van der Waals surface area contributed by atoms with Crippen LogP contribution in [0.4, 0.5) is 0 Å². The smallest absolute Gasteiger partial charge is 0.351 e. The minimum Gasteiger partial charge on any atom is -0.351 e. The monoisotopic (exact) mass is 263 g/mol. The molecule has 104 valence electrons. The van der Waals surface area contributed by atoms with Gasteiger partial charge in [0.25, 0.3) is 0 Å². The molecule has 0 bridgehead atoms. The Morgan fingerprint density at radius 3 is 1.44 bits per heavy atom. The van der Waals surface area contributed by atoms with E-state index in [0.717, 1.165) is 0 Å². The van der Waals surface area contributed by atoms with Crippen molar-refractivity contribution in [2.75, 3.05) is 13.1 Å². The standard InChI is InChI=1S/C15H34NSi.Li/c1-6-8-10-12-14-16(17(3,4)5)15-13-11-9-7-2;/h3,6-15H2,1-2,4-5H3;/q-1;+1. The molecule has 0 saturated heterocycles. The van der Waals surface area contributed by atoms with E-state index >= 15 is 0 Å². The van der Waals surface area contributed by atoms with Gasteiger partial charge in [0, 0.05) is 0 Å². The summed E-state index contributed by atoms with van der Waals surface area (Å²) >= 11 is 0. The van der Waals surface area contributed by atoms with Crippen molar-refractivity contribution in [3.63, 3.8) is 0 Å². The molecule has 0 amide bonds. The number of hydrogen-bond donors (Lipinski definition) is 0. The summed E-state index contributed by atoms with van der Waals surface area (Å²) in [4.78, 5) is 0. The molecule has 18 heavy (non-hydrogen) atoms. The third-order valence-electron chi connectivity index (χ3n) is 3.42. The first-order chi connectivity index (χ1) is 8.02. The van der Waals surface area contributed by atoms with Gasteiger partial charge in [-0.1, -0.05) is 65.5 Å². The second kappa shape index (κ2) is 12.8. The van der Waals surface area contributed by atoms with Gasteiger partial charge in [0.15, 0.2) is 0 Å². The average Bonchev–Trinajstić information content (AvgIpc) is 2.25. The van der Waals surface area contributed by atoms with Gasteiger partial charge >= 0.3 is 18.9 Å². The van der Waals surface area contributed by atoms with Gasteiger partial charge in [-0.05, 0) is 34.2 Å². The van der Waals surface area contributed by atoms with Gasteiger partial charge in [0.05, 0.1) is 0 Å². The predicted molar refractivity (Wildman–Crippen MR) is 82.7 cm³/mol. The molecule has 0 radical (unpaired) electrons. The summed E-state index contributed by atoms with van der Waals surface area (Å²) in [6.45, 7) is 16.3. The molecule has 1 nitrogen and oxygen atoms in total. The fraction of sp³-hybridized carbons (Fsp3) is 0.933. The summed E-state index contributed by atoms with van der Waals surface area (Å²) in [5.41, 5.74) is 0. The molecule has 0 atom stereocenters. The van der Waals surface area contributed by atoms with Crippen LogP contribution in [0.25, 0.3) is 0 Å². The van der Waals surface area contributed by atoms with Gasteiger partial charge in [0.1, 0.15) is 0 Å². The third-order valence-corrected chi connectivity index (χ3v) is 5.58. The maximum atomic E-state index is 4.43. The summed E-state index contributed by atoms with van der Waals surface area (Å²) in [6.07, 6.45) is 11.0. The molecule has 3 heteroatoms. The van der Waals surface area contributed by atoms with Crippen LogP contribution in [-0.4, -0.2) is 25.9 Å². The van der Waals surface area contributed by atoms with Crippen molar-refractivity contribution in [1.82, 2.24) is 4.57 Å². The van der Waals surface area contributed by atoms with Crippen LogP contribution in [0.1, 0.15) is 65.2 Å². The van der Waals surface area contributed by atoms with Crippen molar-refractivity contribution in [1.29, 1.82) is 0 Å². The molecule has 0 saturated carbocycles. The molecule has 0 N–H and O–H groups in total. The van der Waals surface area contributed by atoms with Crippen LogP contribution in [0.2, 0.25) is 13.1 Å². The molecular weight excluding hydrogens is 229 g/mol. The SMILES string of the molecule is [CH2-][Si](C)(C)N(CCCCCC)CCCCCC.[Li+]. The van der Waals surface area contributed by atoms with E-state index in [4.69, 9.17) is 0 Å². The summed E-state index contributed by atoms with van der Waals surface area (Å²) < 4.78 is 2.71. The first-order valence-electron chi connectivity index (χ1n) is 7.62. The molecule has 0 spiro atoms. The van der Waals surface area contributed by atoms with Crippen molar-refractivity contribution in [3.05, 3.63) is 6.55 Å². The fourth-order valence-corrected chi connectivity index (χ4v) is 3.70. The molecule has 0 rings (SSSR count). The summed E-state index contributed by atoms with van der Waals surface area (Å²) in [7, 11) is -1.32. The summed E-state index contributed by atoms with van der Waals surface area (Å²) in [5.74, 6) is 0.